The van der Waals surface area contributed by atoms with Crippen molar-refractivity contribution in [2.75, 3.05) is 0 Å². The van der Waals surface area contributed by atoms with Crippen LogP contribution in [0.15, 0.2) is 18.5 Å². The minimum atomic E-state index is -4.36. The van der Waals surface area contributed by atoms with Crippen LogP contribution in [0.2, 0.25) is 0 Å². The Labute approximate surface area is 104 Å². The summed E-state index contributed by atoms with van der Waals surface area (Å²) in [7, 11) is 0. The summed E-state index contributed by atoms with van der Waals surface area (Å²) in [4.78, 5) is 3.77. The van der Waals surface area contributed by atoms with Crippen LogP contribution in [0.1, 0.15) is 49.3 Å². The van der Waals surface area contributed by atoms with Gasteiger partial charge in [0.25, 0.3) is 0 Å². The Hall–Kier alpha value is -1.10. The number of pyridine rings is 1. The van der Waals surface area contributed by atoms with Crippen molar-refractivity contribution in [1.82, 2.24) is 4.98 Å². The molecule has 0 aromatic carbocycles. The molecule has 0 amide bonds. The quantitative estimate of drug-likeness (QED) is 0.898. The molecule has 1 fully saturated rings. The molecular weight excluding hydrogens is 241 g/mol. The molecule has 0 bridgehead atoms. The third kappa shape index (κ3) is 3.02. The number of nitrogens with two attached hydrogens (primary N) is 1. The largest absolute Gasteiger partial charge is 0.416 e. The minimum absolute atomic E-state index is 0.122. The third-order valence-electron chi connectivity index (χ3n) is 3.62. The van der Waals surface area contributed by atoms with Gasteiger partial charge < -0.3 is 5.73 Å². The molecule has 100 valence electrons. The standard InChI is InChI=1S/C13H17F3N2/c14-13(15,16)11-5-6-18-8-10(11)12(17)7-9-3-1-2-4-9/h5-6,8-9,12H,1-4,7,17H2. The molecule has 5 heteroatoms. The van der Waals surface area contributed by atoms with Gasteiger partial charge in [0.2, 0.25) is 0 Å². The monoisotopic (exact) mass is 258 g/mol. The molecule has 1 saturated carbocycles. The summed E-state index contributed by atoms with van der Waals surface area (Å²) in [5.41, 5.74) is 5.40. The molecule has 1 aromatic rings. The van der Waals surface area contributed by atoms with Crippen LogP contribution in [0.3, 0.4) is 0 Å². The molecule has 0 radical (unpaired) electrons. The Morgan fingerprint density at radius 2 is 2.00 bits per heavy atom. The maximum absolute atomic E-state index is 12.8. The smallest absolute Gasteiger partial charge is 0.324 e. The highest BCUT2D eigenvalue weighted by atomic mass is 19.4. The van der Waals surface area contributed by atoms with E-state index in [9.17, 15) is 13.2 Å². The number of alkyl halides is 3. The van der Waals surface area contributed by atoms with E-state index in [-0.39, 0.29) is 5.56 Å². The maximum atomic E-state index is 12.8. The minimum Gasteiger partial charge on any atom is -0.324 e. The zero-order valence-corrected chi connectivity index (χ0v) is 10.1. The molecule has 2 nitrogen and oxygen atoms in total. The van der Waals surface area contributed by atoms with E-state index in [4.69, 9.17) is 5.73 Å². The van der Waals surface area contributed by atoms with E-state index in [0.717, 1.165) is 37.9 Å². The van der Waals surface area contributed by atoms with Crippen LogP contribution in [0.4, 0.5) is 13.2 Å². The van der Waals surface area contributed by atoms with Gasteiger partial charge in [0, 0.05) is 18.4 Å². The van der Waals surface area contributed by atoms with E-state index in [2.05, 4.69) is 4.98 Å². The SMILES string of the molecule is NC(CC1CCCC1)c1cnccc1C(F)(F)F. The highest BCUT2D eigenvalue weighted by Gasteiger charge is 2.35. The van der Waals surface area contributed by atoms with Crippen molar-refractivity contribution in [3.8, 4) is 0 Å². The Kier molecular flexibility index (Phi) is 3.90. The fraction of sp³-hybridized carbons (Fsp3) is 0.615. The molecule has 2 rings (SSSR count). The fourth-order valence-corrected chi connectivity index (χ4v) is 2.69. The highest BCUT2D eigenvalue weighted by molar-refractivity contribution is 5.29. The summed E-state index contributed by atoms with van der Waals surface area (Å²) in [5, 5.41) is 0. The van der Waals surface area contributed by atoms with Gasteiger partial charge >= 0.3 is 6.18 Å². The Morgan fingerprint density at radius 1 is 1.33 bits per heavy atom. The topological polar surface area (TPSA) is 38.9 Å². The number of hydrogen-bond donors (Lipinski definition) is 1. The lowest BCUT2D eigenvalue weighted by molar-refractivity contribution is -0.138. The second-order valence-corrected chi connectivity index (χ2v) is 4.95. The Balaban J connectivity index is 2.16. The lowest BCUT2D eigenvalue weighted by Crippen LogP contribution is -2.19. The highest BCUT2D eigenvalue weighted by Crippen LogP contribution is 2.37. The van der Waals surface area contributed by atoms with E-state index in [1.165, 1.54) is 6.20 Å². The van der Waals surface area contributed by atoms with Gasteiger partial charge in [-0.05, 0) is 24.0 Å². The van der Waals surface area contributed by atoms with Gasteiger partial charge in [-0.15, -0.1) is 0 Å². The number of nitrogens with zero attached hydrogens (tertiary/aromatic N) is 1. The van der Waals surface area contributed by atoms with Gasteiger partial charge in [0.05, 0.1) is 5.56 Å². The summed E-state index contributed by atoms with van der Waals surface area (Å²) in [6.07, 6.45) is 3.16. The molecule has 1 aliphatic carbocycles. The van der Waals surface area contributed by atoms with Crippen molar-refractivity contribution in [2.45, 2.75) is 44.3 Å². The van der Waals surface area contributed by atoms with Crippen molar-refractivity contribution < 1.29 is 13.2 Å². The Bertz CT molecular complexity index is 397. The first-order valence-corrected chi connectivity index (χ1v) is 6.25. The zero-order chi connectivity index (χ0) is 13.2. The fourth-order valence-electron chi connectivity index (χ4n) is 2.69. The van der Waals surface area contributed by atoms with Gasteiger partial charge in [-0.1, -0.05) is 25.7 Å². The van der Waals surface area contributed by atoms with Crippen LogP contribution >= 0.6 is 0 Å². The predicted octanol–water partition coefficient (Wildman–Crippen LogP) is 3.68. The molecular formula is C13H17F3N2. The molecule has 1 aliphatic rings. The first-order chi connectivity index (χ1) is 8.48. The van der Waals surface area contributed by atoms with E-state index in [1.54, 1.807) is 0 Å². The summed E-state index contributed by atoms with van der Waals surface area (Å²) in [5.74, 6) is 0.460. The third-order valence-corrected chi connectivity index (χ3v) is 3.62. The molecule has 0 saturated heterocycles. The summed E-state index contributed by atoms with van der Waals surface area (Å²) in [6.45, 7) is 0. The van der Waals surface area contributed by atoms with Crippen LogP contribution < -0.4 is 5.73 Å². The number of aromatic nitrogens is 1. The lowest BCUT2D eigenvalue weighted by atomic mass is 9.92. The van der Waals surface area contributed by atoms with Crippen LogP contribution in [-0.2, 0) is 6.18 Å². The van der Waals surface area contributed by atoms with Gasteiger partial charge in [-0.3, -0.25) is 4.98 Å². The summed E-state index contributed by atoms with van der Waals surface area (Å²) < 4.78 is 38.5. The number of rotatable bonds is 3. The van der Waals surface area contributed by atoms with Crippen molar-refractivity contribution in [3.63, 3.8) is 0 Å². The van der Waals surface area contributed by atoms with Crippen LogP contribution in [0, 0.1) is 5.92 Å². The molecule has 2 N–H and O–H groups in total. The average Bonchev–Trinajstić information content (AvgIpc) is 2.80. The second kappa shape index (κ2) is 5.26. The molecule has 1 aromatic heterocycles. The van der Waals surface area contributed by atoms with Gasteiger partial charge in [-0.2, -0.15) is 13.2 Å². The molecule has 0 spiro atoms. The zero-order valence-electron chi connectivity index (χ0n) is 10.1. The molecule has 0 aliphatic heterocycles. The van der Waals surface area contributed by atoms with E-state index >= 15 is 0 Å². The van der Waals surface area contributed by atoms with Crippen LogP contribution in [-0.4, -0.2) is 4.98 Å². The van der Waals surface area contributed by atoms with Crippen molar-refractivity contribution >= 4 is 0 Å². The molecule has 18 heavy (non-hydrogen) atoms. The first kappa shape index (κ1) is 13.3. The van der Waals surface area contributed by atoms with E-state index in [0.29, 0.717) is 12.3 Å². The van der Waals surface area contributed by atoms with E-state index in [1.807, 2.05) is 0 Å². The van der Waals surface area contributed by atoms with Crippen LogP contribution in [0.5, 0.6) is 0 Å². The van der Waals surface area contributed by atoms with E-state index < -0.39 is 17.8 Å². The first-order valence-electron chi connectivity index (χ1n) is 6.25. The predicted molar refractivity (Wildman–Crippen MR) is 62.7 cm³/mol. The van der Waals surface area contributed by atoms with Gasteiger partial charge in [-0.25, -0.2) is 0 Å². The maximum Gasteiger partial charge on any atom is 0.416 e. The van der Waals surface area contributed by atoms with Gasteiger partial charge in [0.1, 0.15) is 0 Å². The summed E-state index contributed by atoms with van der Waals surface area (Å²) in [6, 6.07) is 0.433. The van der Waals surface area contributed by atoms with Crippen molar-refractivity contribution in [1.29, 1.82) is 0 Å². The number of halogens is 3. The second-order valence-electron chi connectivity index (χ2n) is 4.95. The average molecular weight is 258 g/mol. The van der Waals surface area contributed by atoms with Crippen molar-refractivity contribution in [2.24, 2.45) is 11.7 Å². The van der Waals surface area contributed by atoms with Crippen molar-refractivity contribution in [3.05, 3.63) is 29.6 Å². The van der Waals surface area contributed by atoms with Crippen LogP contribution in [0.25, 0.3) is 0 Å². The summed E-state index contributed by atoms with van der Waals surface area (Å²) >= 11 is 0. The van der Waals surface area contributed by atoms with Gasteiger partial charge in [0.15, 0.2) is 0 Å². The normalized spacial score (nSPS) is 19.1. The molecule has 1 atom stereocenters. The number of hydrogen-bond acceptors (Lipinski definition) is 2. The molecule has 1 heterocycles. The lowest BCUT2D eigenvalue weighted by Gasteiger charge is -2.20. The Morgan fingerprint density at radius 3 is 2.61 bits per heavy atom. The molecule has 1 unspecified atom stereocenters.